The molecule has 0 unspecified atom stereocenters. The number of benzene rings is 1. The number of hydrogen-bond acceptors (Lipinski definition) is 3. The molecule has 2 rings (SSSR count). The lowest BCUT2D eigenvalue weighted by Gasteiger charge is -2.27. The van der Waals surface area contributed by atoms with Crippen LogP contribution in [0.2, 0.25) is 0 Å². The van der Waals surface area contributed by atoms with Crippen molar-refractivity contribution in [3.8, 4) is 0 Å². The van der Waals surface area contributed by atoms with E-state index in [1.165, 1.54) is 0 Å². The number of amides is 1. The second-order valence-corrected chi connectivity index (χ2v) is 6.73. The highest BCUT2D eigenvalue weighted by atomic mass is 16.5. The zero-order chi connectivity index (χ0) is 19.4. The van der Waals surface area contributed by atoms with Gasteiger partial charge in [0.15, 0.2) is 0 Å². The minimum Gasteiger partial charge on any atom is -0.461 e. The van der Waals surface area contributed by atoms with Crippen LogP contribution in [-0.2, 0) is 18.3 Å². The Morgan fingerprint density at radius 3 is 2.31 bits per heavy atom. The summed E-state index contributed by atoms with van der Waals surface area (Å²) in [5, 5.41) is 0. The van der Waals surface area contributed by atoms with E-state index < -0.39 is 5.97 Å². The van der Waals surface area contributed by atoms with Crippen molar-refractivity contribution < 1.29 is 14.3 Å². The van der Waals surface area contributed by atoms with Crippen LogP contribution in [0.5, 0.6) is 0 Å². The van der Waals surface area contributed by atoms with E-state index in [9.17, 15) is 9.59 Å². The first-order valence-electron chi connectivity index (χ1n) is 8.97. The molecule has 0 fully saturated rings. The van der Waals surface area contributed by atoms with E-state index in [2.05, 4.69) is 0 Å². The fraction of sp³-hybridized carbons (Fsp3) is 0.429. The third kappa shape index (κ3) is 3.82. The van der Waals surface area contributed by atoms with Crippen LogP contribution in [0, 0.1) is 13.8 Å². The summed E-state index contributed by atoms with van der Waals surface area (Å²) < 4.78 is 6.91. The number of nitrogens with zero attached hydrogens (tertiary/aromatic N) is 2. The van der Waals surface area contributed by atoms with Gasteiger partial charge in [0.1, 0.15) is 5.69 Å². The van der Waals surface area contributed by atoms with Gasteiger partial charge in [-0.2, -0.15) is 0 Å². The Hall–Kier alpha value is -2.56. The van der Waals surface area contributed by atoms with Crippen LogP contribution in [0.15, 0.2) is 30.3 Å². The van der Waals surface area contributed by atoms with Crippen LogP contribution < -0.4 is 0 Å². The molecule has 5 heteroatoms. The van der Waals surface area contributed by atoms with Crippen LogP contribution in [0.1, 0.15) is 58.4 Å². The summed E-state index contributed by atoms with van der Waals surface area (Å²) in [4.78, 5) is 27.5. The molecular weight excluding hydrogens is 328 g/mol. The summed E-state index contributed by atoms with van der Waals surface area (Å²) in [5.74, 6) is -0.459. The first kappa shape index (κ1) is 19.8. The third-order valence-corrected chi connectivity index (χ3v) is 4.69. The SMILES string of the molecule is CCOC(=O)c1c(C)c(C(=O)N(Cc2ccccc2)C(C)C)c(C)n1C. The number of ether oxygens (including phenoxy) is 1. The lowest BCUT2D eigenvalue weighted by atomic mass is 10.1. The molecule has 0 atom stereocenters. The van der Waals surface area contributed by atoms with Crippen LogP contribution in [0.3, 0.4) is 0 Å². The molecule has 0 saturated heterocycles. The van der Waals surface area contributed by atoms with Crippen LogP contribution >= 0.6 is 0 Å². The zero-order valence-corrected chi connectivity index (χ0v) is 16.5. The summed E-state index contributed by atoms with van der Waals surface area (Å²) in [7, 11) is 1.79. The Balaban J connectivity index is 2.43. The molecule has 26 heavy (non-hydrogen) atoms. The molecule has 1 aromatic heterocycles. The van der Waals surface area contributed by atoms with Gasteiger partial charge in [0.2, 0.25) is 0 Å². The summed E-state index contributed by atoms with van der Waals surface area (Å²) in [6.45, 7) is 10.3. The van der Waals surface area contributed by atoms with E-state index in [1.54, 1.807) is 18.5 Å². The average molecular weight is 356 g/mol. The van der Waals surface area contributed by atoms with Gasteiger partial charge in [-0.1, -0.05) is 30.3 Å². The average Bonchev–Trinajstić information content (AvgIpc) is 2.82. The van der Waals surface area contributed by atoms with Crippen molar-refractivity contribution in [3.05, 3.63) is 58.4 Å². The molecule has 0 spiro atoms. The van der Waals surface area contributed by atoms with Crippen molar-refractivity contribution in [1.82, 2.24) is 9.47 Å². The van der Waals surface area contributed by atoms with Gasteiger partial charge in [-0.3, -0.25) is 4.79 Å². The zero-order valence-electron chi connectivity index (χ0n) is 16.5. The molecule has 1 amide bonds. The Morgan fingerprint density at radius 1 is 1.15 bits per heavy atom. The largest absolute Gasteiger partial charge is 0.461 e. The van der Waals surface area contributed by atoms with E-state index in [0.717, 1.165) is 11.3 Å². The fourth-order valence-electron chi connectivity index (χ4n) is 3.19. The van der Waals surface area contributed by atoms with Crippen molar-refractivity contribution in [1.29, 1.82) is 0 Å². The Morgan fingerprint density at radius 2 is 1.77 bits per heavy atom. The first-order chi connectivity index (χ1) is 12.3. The lowest BCUT2D eigenvalue weighted by Crippen LogP contribution is -2.37. The predicted molar refractivity (Wildman–Crippen MR) is 102 cm³/mol. The standard InChI is InChI=1S/C21H28N2O3/c1-7-26-21(25)19-15(4)18(16(5)22(19)6)20(24)23(14(2)3)13-17-11-9-8-10-12-17/h8-12,14H,7,13H2,1-6H3. The molecule has 140 valence electrons. The molecule has 0 radical (unpaired) electrons. The van der Waals surface area contributed by atoms with Crippen molar-refractivity contribution in [2.24, 2.45) is 7.05 Å². The van der Waals surface area contributed by atoms with Gasteiger partial charge in [0.25, 0.3) is 5.91 Å². The van der Waals surface area contributed by atoms with Gasteiger partial charge in [-0.25, -0.2) is 4.79 Å². The molecule has 5 nitrogen and oxygen atoms in total. The monoisotopic (exact) mass is 356 g/mol. The summed E-state index contributed by atoms with van der Waals surface area (Å²) in [5.41, 5.74) is 3.55. The minimum absolute atomic E-state index is 0.0350. The topological polar surface area (TPSA) is 51.5 Å². The molecular formula is C21H28N2O3. The Bertz CT molecular complexity index is 791. The van der Waals surface area contributed by atoms with Crippen LogP contribution in [0.4, 0.5) is 0 Å². The molecule has 1 heterocycles. The summed E-state index contributed by atoms with van der Waals surface area (Å²) in [6.07, 6.45) is 0. The van der Waals surface area contributed by atoms with Crippen molar-refractivity contribution in [3.63, 3.8) is 0 Å². The van der Waals surface area contributed by atoms with E-state index in [4.69, 9.17) is 4.74 Å². The first-order valence-corrected chi connectivity index (χ1v) is 8.97. The van der Waals surface area contributed by atoms with E-state index in [0.29, 0.717) is 30.0 Å². The number of esters is 1. The van der Waals surface area contributed by atoms with Gasteiger partial charge in [-0.15, -0.1) is 0 Å². The van der Waals surface area contributed by atoms with Crippen LogP contribution in [-0.4, -0.2) is 34.0 Å². The van der Waals surface area contributed by atoms with E-state index in [1.807, 2.05) is 62.9 Å². The number of aromatic nitrogens is 1. The normalized spacial score (nSPS) is 10.9. The number of hydrogen-bond donors (Lipinski definition) is 0. The smallest absolute Gasteiger partial charge is 0.355 e. The van der Waals surface area contributed by atoms with Gasteiger partial charge in [0, 0.05) is 25.3 Å². The highest BCUT2D eigenvalue weighted by molar-refractivity contribution is 6.01. The van der Waals surface area contributed by atoms with Gasteiger partial charge in [-0.05, 0) is 45.7 Å². The molecule has 0 saturated carbocycles. The Kier molecular flexibility index (Phi) is 6.24. The van der Waals surface area contributed by atoms with E-state index >= 15 is 0 Å². The molecule has 0 N–H and O–H groups in total. The maximum Gasteiger partial charge on any atom is 0.355 e. The fourth-order valence-corrected chi connectivity index (χ4v) is 3.19. The predicted octanol–water partition coefficient (Wildman–Crippen LogP) is 3.87. The van der Waals surface area contributed by atoms with Crippen LogP contribution in [0.25, 0.3) is 0 Å². The van der Waals surface area contributed by atoms with E-state index in [-0.39, 0.29) is 11.9 Å². The van der Waals surface area contributed by atoms with Crippen molar-refractivity contribution in [2.45, 2.75) is 47.2 Å². The molecule has 0 aliphatic rings. The Labute approximate surface area is 155 Å². The molecule has 0 aliphatic carbocycles. The number of carbonyl (C=O) groups excluding carboxylic acids is 2. The molecule has 0 bridgehead atoms. The molecule has 1 aromatic carbocycles. The number of carbonyl (C=O) groups is 2. The second kappa shape index (κ2) is 8.21. The highest BCUT2D eigenvalue weighted by Crippen LogP contribution is 2.25. The molecule has 0 aliphatic heterocycles. The van der Waals surface area contributed by atoms with Gasteiger partial charge >= 0.3 is 5.97 Å². The second-order valence-electron chi connectivity index (χ2n) is 6.73. The lowest BCUT2D eigenvalue weighted by molar-refractivity contribution is 0.0514. The third-order valence-electron chi connectivity index (χ3n) is 4.69. The van der Waals surface area contributed by atoms with Gasteiger partial charge in [0.05, 0.1) is 12.2 Å². The summed E-state index contributed by atoms with van der Waals surface area (Å²) in [6, 6.07) is 9.95. The highest BCUT2D eigenvalue weighted by Gasteiger charge is 2.29. The summed E-state index contributed by atoms with van der Waals surface area (Å²) >= 11 is 0. The van der Waals surface area contributed by atoms with Crippen molar-refractivity contribution >= 4 is 11.9 Å². The quantitative estimate of drug-likeness (QED) is 0.738. The molecule has 2 aromatic rings. The maximum atomic E-state index is 13.3. The van der Waals surface area contributed by atoms with Gasteiger partial charge < -0.3 is 14.2 Å². The maximum absolute atomic E-state index is 13.3. The minimum atomic E-state index is -0.395. The van der Waals surface area contributed by atoms with Crippen molar-refractivity contribution in [2.75, 3.05) is 6.61 Å². The number of rotatable bonds is 6.